The molecule has 0 amide bonds. The van der Waals surface area contributed by atoms with Crippen LogP contribution in [0.15, 0.2) is 18.2 Å². The van der Waals surface area contributed by atoms with Crippen LogP contribution in [0.5, 0.6) is 0 Å². The van der Waals surface area contributed by atoms with E-state index in [1.807, 2.05) is 0 Å². The molecule has 0 radical (unpaired) electrons. The van der Waals surface area contributed by atoms with Crippen LogP contribution in [-0.2, 0) is 4.79 Å². The van der Waals surface area contributed by atoms with Gasteiger partial charge in [0.05, 0.1) is 4.92 Å². The second kappa shape index (κ2) is 4.94. The van der Waals surface area contributed by atoms with Crippen molar-refractivity contribution in [2.45, 2.75) is 18.9 Å². The lowest BCUT2D eigenvalue weighted by molar-refractivity contribution is -0.385. The molecule has 2 rings (SSSR count). The highest BCUT2D eigenvalue weighted by molar-refractivity contribution is 5.79. The van der Waals surface area contributed by atoms with Gasteiger partial charge in [-0.05, 0) is 25.0 Å². The average Bonchev–Trinajstić information content (AvgIpc) is 2.87. The molecule has 0 aromatic heterocycles. The largest absolute Gasteiger partial charge is 0.480 e. The van der Waals surface area contributed by atoms with E-state index in [0.717, 1.165) is 6.42 Å². The summed E-state index contributed by atoms with van der Waals surface area (Å²) in [6.07, 6.45) is 1.28. The van der Waals surface area contributed by atoms with Crippen molar-refractivity contribution in [1.29, 1.82) is 5.26 Å². The van der Waals surface area contributed by atoms with Crippen LogP contribution in [0.3, 0.4) is 0 Å². The maximum Gasteiger partial charge on any atom is 0.326 e. The topological polar surface area (TPSA) is 107 Å². The summed E-state index contributed by atoms with van der Waals surface area (Å²) in [6.45, 7) is 0.569. The van der Waals surface area contributed by atoms with Gasteiger partial charge in [0.15, 0.2) is 0 Å². The van der Waals surface area contributed by atoms with Crippen LogP contribution in [0, 0.1) is 21.4 Å². The predicted octanol–water partition coefficient (Wildman–Crippen LogP) is 1.52. The summed E-state index contributed by atoms with van der Waals surface area (Å²) in [5, 5.41) is 28.8. The molecule has 0 saturated carbocycles. The Kier molecular flexibility index (Phi) is 3.33. The van der Waals surface area contributed by atoms with Crippen LogP contribution in [-0.4, -0.2) is 28.6 Å². The lowest BCUT2D eigenvalue weighted by Crippen LogP contribution is -2.35. The van der Waals surface area contributed by atoms with Gasteiger partial charge in [0.25, 0.3) is 5.69 Å². The highest BCUT2D eigenvalue weighted by Gasteiger charge is 2.31. The molecule has 1 aliphatic heterocycles. The molecule has 1 aliphatic rings. The zero-order valence-electron chi connectivity index (χ0n) is 9.94. The van der Waals surface area contributed by atoms with E-state index in [1.54, 1.807) is 11.0 Å². The molecule has 1 aromatic carbocycles. The summed E-state index contributed by atoms with van der Waals surface area (Å²) in [4.78, 5) is 22.9. The molecule has 1 atom stereocenters. The molecule has 7 heteroatoms. The Morgan fingerprint density at radius 2 is 2.32 bits per heavy atom. The van der Waals surface area contributed by atoms with Crippen molar-refractivity contribution < 1.29 is 14.8 Å². The van der Waals surface area contributed by atoms with E-state index in [2.05, 4.69) is 0 Å². The van der Waals surface area contributed by atoms with E-state index in [-0.39, 0.29) is 11.3 Å². The maximum atomic E-state index is 11.1. The summed E-state index contributed by atoms with van der Waals surface area (Å²) in [7, 11) is 0. The van der Waals surface area contributed by atoms with Crippen molar-refractivity contribution in [1.82, 2.24) is 0 Å². The summed E-state index contributed by atoms with van der Waals surface area (Å²) >= 11 is 0. The van der Waals surface area contributed by atoms with Gasteiger partial charge in [0, 0.05) is 18.3 Å². The van der Waals surface area contributed by atoms with Gasteiger partial charge in [-0.2, -0.15) is 5.26 Å². The maximum absolute atomic E-state index is 11.1. The first-order valence-electron chi connectivity index (χ1n) is 5.72. The van der Waals surface area contributed by atoms with Crippen molar-refractivity contribution in [3.63, 3.8) is 0 Å². The number of nitro groups is 1. The van der Waals surface area contributed by atoms with Crippen LogP contribution in [0.25, 0.3) is 0 Å². The molecule has 0 spiro atoms. The number of rotatable bonds is 3. The molecule has 0 unspecified atom stereocenters. The van der Waals surface area contributed by atoms with E-state index in [4.69, 9.17) is 10.4 Å². The smallest absolute Gasteiger partial charge is 0.326 e. The zero-order chi connectivity index (χ0) is 14.0. The van der Waals surface area contributed by atoms with Gasteiger partial charge in [-0.25, -0.2) is 4.79 Å². The predicted molar refractivity (Wildman–Crippen MR) is 65.8 cm³/mol. The third-order valence-corrected chi connectivity index (χ3v) is 3.17. The van der Waals surface area contributed by atoms with Crippen LogP contribution in [0.1, 0.15) is 18.4 Å². The second-order valence-electron chi connectivity index (χ2n) is 4.26. The number of benzene rings is 1. The third kappa shape index (κ3) is 2.33. The minimum atomic E-state index is -0.922. The van der Waals surface area contributed by atoms with Gasteiger partial charge in [0.2, 0.25) is 0 Å². The number of nitrogens with zero attached hydrogens (tertiary/aromatic N) is 3. The van der Waals surface area contributed by atoms with Crippen molar-refractivity contribution in [3.05, 3.63) is 33.9 Å². The molecule has 0 aliphatic carbocycles. The summed E-state index contributed by atoms with van der Waals surface area (Å²) < 4.78 is 0. The first kappa shape index (κ1) is 12.8. The number of aliphatic carboxylic acids is 1. The van der Waals surface area contributed by atoms with Gasteiger partial charge in [-0.1, -0.05) is 0 Å². The lowest BCUT2D eigenvalue weighted by atomic mass is 10.1. The second-order valence-corrected chi connectivity index (χ2v) is 4.26. The monoisotopic (exact) mass is 261 g/mol. The minimum Gasteiger partial charge on any atom is -0.480 e. The molecule has 98 valence electrons. The van der Waals surface area contributed by atoms with Gasteiger partial charge < -0.3 is 10.0 Å². The normalized spacial score (nSPS) is 18.1. The molecule has 1 heterocycles. The van der Waals surface area contributed by atoms with Crippen LogP contribution in [0.2, 0.25) is 0 Å². The third-order valence-electron chi connectivity index (χ3n) is 3.17. The Hall–Kier alpha value is -2.62. The van der Waals surface area contributed by atoms with Gasteiger partial charge in [0.1, 0.15) is 17.7 Å². The van der Waals surface area contributed by atoms with E-state index >= 15 is 0 Å². The van der Waals surface area contributed by atoms with E-state index < -0.39 is 16.9 Å². The number of anilines is 1. The van der Waals surface area contributed by atoms with Crippen molar-refractivity contribution in [2.75, 3.05) is 11.4 Å². The summed E-state index contributed by atoms with van der Waals surface area (Å²) in [5.74, 6) is -0.922. The fourth-order valence-electron chi connectivity index (χ4n) is 2.28. The van der Waals surface area contributed by atoms with Gasteiger partial charge in [-0.3, -0.25) is 10.1 Å². The van der Waals surface area contributed by atoms with E-state index in [1.165, 1.54) is 18.2 Å². The number of carboxylic acids is 1. The highest BCUT2D eigenvalue weighted by Crippen LogP contribution is 2.29. The number of carbonyl (C=O) groups is 1. The molecule has 1 saturated heterocycles. The van der Waals surface area contributed by atoms with E-state index in [9.17, 15) is 14.9 Å². The standard InChI is InChI=1S/C12H11N3O4/c13-7-8-6-9(3-4-10(8)15(18)19)14-5-1-2-11(14)12(16)17/h3-4,6,11H,1-2,5H2,(H,16,17)/t11-/m1/s1. The Morgan fingerprint density at radius 3 is 2.89 bits per heavy atom. The molecule has 0 bridgehead atoms. The quantitative estimate of drug-likeness (QED) is 0.652. The summed E-state index contributed by atoms with van der Waals surface area (Å²) in [5.41, 5.74) is 0.211. The Balaban J connectivity index is 2.39. The highest BCUT2D eigenvalue weighted by atomic mass is 16.6. The average molecular weight is 261 g/mol. The Bertz CT molecular complexity index is 579. The van der Waals surface area contributed by atoms with Gasteiger partial charge in [-0.15, -0.1) is 0 Å². The number of hydrogen-bond donors (Lipinski definition) is 1. The molecule has 7 nitrogen and oxygen atoms in total. The molecule has 1 N–H and O–H groups in total. The SMILES string of the molecule is N#Cc1cc(N2CCC[C@@H]2C(=O)O)ccc1[N+](=O)[O-]. The van der Waals surface area contributed by atoms with Crippen molar-refractivity contribution in [2.24, 2.45) is 0 Å². The van der Waals surface area contributed by atoms with Crippen LogP contribution in [0.4, 0.5) is 11.4 Å². The van der Waals surface area contributed by atoms with Crippen LogP contribution >= 0.6 is 0 Å². The molecular weight excluding hydrogens is 250 g/mol. The molecule has 1 fully saturated rings. The van der Waals surface area contributed by atoms with E-state index in [0.29, 0.717) is 18.7 Å². The molecule has 19 heavy (non-hydrogen) atoms. The Morgan fingerprint density at radius 1 is 1.58 bits per heavy atom. The first-order chi connectivity index (χ1) is 9.04. The van der Waals surface area contributed by atoms with Crippen molar-refractivity contribution in [3.8, 4) is 6.07 Å². The Labute approximate surface area is 108 Å². The summed E-state index contributed by atoms with van der Waals surface area (Å²) in [6, 6.07) is 5.24. The fraction of sp³-hybridized carbons (Fsp3) is 0.333. The number of nitriles is 1. The van der Waals surface area contributed by atoms with Crippen molar-refractivity contribution >= 4 is 17.3 Å². The van der Waals surface area contributed by atoms with Gasteiger partial charge >= 0.3 is 5.97 Å². The number of nitro benzene ring substituents is 1. The lowest BCUT2D eigenvalue weighted by Gasteiger charge is -2.23. The fourth-order valence-corrected chi connectivity index (χ4v) is 2.28. The number of carboxylic acid groups (broad SMARTS) is 1. The minimum absolute atomic E-state index is 0.0569. The first-order valence-corrected chi connectivity index (χ1v) is 5.72. The number of hydrogen-bond acceptors (Lipinski definition) is 5. The molecule has 1 aromatic rings. The zero-order valence-corrected chi connectivity index (χ0v) is 9.94. The van der Waals surface area contributed by atoms with Crippen LogP contribution < -0.4 is 4.90 Å². The molecular formula is C12H11N3O4.